The molecule has 1 saturated heterocycles. The number of hydrogen-bond donors (Lipinski definition) is 1. The predicted molar refractivity (Wildman–Crippen MR) is 87.3 cm³/mol. The van der Waals surface area contributed by atoms with Crippen molar-refractivity contribution in [1.29, 1.82) is 0 Å². The zero-order valence-electron chi connectivity index (χ0n) is 13.8. The summed E-state index contributed by atoms with van der Waals surface area (Å²) in [6, 6.07) is 6.89. The minimum Gasteiger partial charge on any atom is -0.341 e. The first-order valence-corrected chi connectivity index (χ1v) is 8.11. The molecule has 1 heterocycles. The third-order valence-electron chi connectivity index (χ3n) is 4.30. The summed E-state index contributed by atoms with van der Waals surface area (Å²) in [5.41, 5.74) is 3.86. The van der Waals surface area contributed by atoms with Gasteiger partial charge in [0, 0.05) is 25.0 Å². The van der Waals surface area contributed by atoms with Gasteiger partial charge in [-0.25, -0.2) is 0 Å². The lowest BCUT2D eigenvalue weighted by atomic mass is 9.96. The summed E-state index contributed by atoms with van der Waals surface area (Å²) in [6.07, 6.45) is 2.16. The van der Waals surface area contributed by atoms with Crippen LogP contribution in [0.5, 0.6) is 0 Å². The zero-order valence-corrected chi connectivity index (χ0v) is 13.8. The summed E-state index contributed by atoms with van der Waals surface area (Å²) >= 11 is 0. The molecule has 0 radical (unpaired) electrons. The Morgan fingerprint density at radius 1 is 1.29 bits per heavy atom. The number of nitrogens with zero attached hydrogens (tertiary/aromatic N) is 1. The number of carbonyl (C=O) groups excluding carboxylic acids is 1. The summed E-state index contributed by atoms with van der Waals surface area (Å²) in [5.74, 6) is 0.494. The Kier molecular flexibility index (Phi) is 5.40. The van der Waals surface area contributed by atoms with E-state index >= 15 is 0 Å². The van der Waals surface area contributed by atoms with Crippen LogP contribution in [-0.2, 0) is 4.79 Å². The smallest absolute Gasteiger partial charge is 0.225 e. The number of benzene rings is 1. The van der Waals surface area contributed by atoms with Crippen LogP contribution in [0.2, 0.25) is 0 Å². The highest BCUT2D eigenvalue weighted by Crippen LogP contribution is 2.22. The molecule has 0 spiro atoms. The molecule has 1 fully saturated rings. The van der Waals surface area contributed by atoms with E-state index in [1.165, 1.54) is 16.7 Å². The number of likely N-dealkylation sites (N-methyl/N-ethyl adjacent to an activating group) is 1. The monoisotopic (exact) mass is 288 g/mol. The van der Waals surface area contributed by atoms with Crippen molar-refractivity contribution in [1.82, 2.24) is 10.2 Å². The third-order valence-corrected chi connectivity index (χ3v) is 4.30. The van der Waals surface area contributed by atoms with Gasteiger partial charge in [0.25, 0.3) is 0 Å². The van der Waals surface area contributed by atoms with Gasteiger partial charge in [0.05, 0.1) is 0 Å². The maximum absolute atomic E-state index is 12.3. The van der Waals surface area contributed by atoms with Crippen LogP contribution < -0.4 is 5.32 Å². The molecule has 1 aromatic rings. The molecular formula is C18H28N2O. The lowest BCUT2D eigenvalue weighted by molar-refractivity contribution is -0.138. The van der Waals surface area contributed by atoms with Gasteiger partial charge >= 0.3 is 0 Å². The molecule has 1 aliphatic rings. The van der Waals surface area contributed by atoms with Crippen LogP contribution in [0, 0.1) is 19.8 Å². The van der Waals surface area contributed by atoms with Gasteiger partial charge in [0.1, 0.15) is 0 Å². The Balaban J connectivity index is 2.16. The molecule has 2 rings (SSSR count). The lowest BCUT2D eigenvalue weighted by Crippen LogP contribution is -2.44. The normalized spacial score (nSPS) is 20.7. The van der Waals surface area contributed by atoms with Gasteiger partial charge in [-0.2, -0.15) is 0 Å². The van der Waals surface area contributed by atoms with Gasteiger partial charge in [-0.05, 0) is 38.8 Å². The van der Waals surface area contributed by atoms with E-state index in [-0.39, 0.29) is 12.0 Å². The SMILES string of the molecule is CCNC(CN1CCCC(C)C1=O)c1cc(C)cc(C)c1. The molecule has 0 bridgehead atoms. The first-order valence-electron chi connectivity index (χ1n) is 8.11. The van der Waals surface area contributed by atoms with Crippen LogP contribution in [-0.4, -0.2) is 30.4 Å². The van der Waals surface area contributed by atoms with Crippen molar-refractivity contribution < 1.29 is 4.79 Å². The second-order valence-corrected chi connectivity index (χ2v) is 6.36. The quantitative estimate of drug-likeness (QED) is 0.902. The molecule has 3 nitrogen and oxygen atoms in total. The average Bonchev–Trinajstić information content (AvgIpc) is 2.42. The Morgan fingerprint density at radius 3 is 2.57 bits per heavy atom. The van der Waals surface area contributed by atoms with E-state index in [1.807, 2.05) is 11.8 Å². The molecule has 0 aromatic heterocycles. The number of hydrogen-bond acceptors (Lipinski definition) is 2. The van der Waals surface area contributed by atoms with Crippen LogP contribution in [0.25, 0.3) is 0 Å². The Morgan fingerprint density at radius 2 is 1.95 bits per heavy atom. The van der Waals surface area contributed by atoms with Gasteiger partial charge < -0.3 is 10.2 Å². The molecule has 0 saturated carbocycles. The molecule has 2 unspecified atom stereocenters. The van der Waals surface area contributed by atoms with Crippen molar-refractivity contribution in [2.24, 2.45) is 5.92 Å². The van der Waals surface area contributed by atoms with Gasteiger partial charge in [0.15, 0.2) is 0 Å². The number of aryl methyl sites for hydroxylation is 2. The van der Waals surface area contributed by atoms with Crippen LogP contribution in [0.4, 0.5) is 0 Å². The average molecular weight is 288 g/mol. The summed E-state index contributed by atoms with van der Waals surface area (Å²) in [4.78, 5) is 14.4. The first kappa shape index (κ1) is 16.0. The molecule has 0 aliphatic carbocycles. The van der Waals surface area contributed by atoms with E-state index in [9.17, 15) is 4.79 Å². The molecule has 1 aromatic carbocycles. The van der Waals surface area contributed by atoms with Crippen LogP contribution >= 0.6 is 0 Å². The number of nitrogens with one attached hydrogen (secondary N) is 1. The van der Waals surface area contributed by atoms with Crippen LogP contribution in [0.15, 0.2) is 18.2 Å². The van der Waals surface area contributed by atoms with Crippen molar-refractivity contribution in [3.63, 3.8) is 0 Å². The van der Waals surface area contributed by atoms with Gasteiger partial charge in [-0.1, -0.05) is 43.2 Å². The molecular weight excluding hydrogens is 260 g/mol. The number of carbonyl (C=O) groups is 1. The Bertz CT molecular complexity index is 478. The highest BCUT2D eigenvalue weighted by atomic mass is 16.2. The fourth-order valence-corrected chi connectivity index (χ4v) is 3.28. The Hall–Kier alpha value is -1.35. The van der Waals surface area contributed by atoms with E-state index in [0.717, 1.165) is 32.5 Å². The minimum absolute atomic E-state index is 0.181. The van der Waals surface area contributed by atoms with E-state index < -0.39 is 0 Å². The van der Waals surface area contributed by atoms with Crippen molar-refractivity contribution in [2.45, 2.75) is 46.6 Å². The van der Waals surface area contributed by atoms with E-state index in [1.54, 1.807) is 0 Å². The van der Waals surface area contributed by atoms with Gasteiger partial charge in [-0.15, -0.1) is 0 Å². The number of amides is 1. The van der Waals surface area contributed by atoms with Crippen molar-refractivity contribution in [3.05, 3.63) is 34.9 Å². The topological polar surface area (TPSA) is 32.3 Å². The van der Waals surface area contributed by atoms with Gasteiger partial charge in [0.2, 0.25) is 5.91 Å². The molecule has 1 aliphatic heterocycles. The number of piperidine rings is 1. The van der Waals surface area contributed by atoms with E-state index in [0.29, 0.717) is 5.91 Å². The largest absolute Gasteiger partial charge is 0.341 e. The molecule has 1 amide bonds. The Labute approximate surface area is 128 Å². The molecule has 3 heteroatoms. The standard InChI is InChI=1S/C18H28N2O/c1-5-19-17(16-10-13(2)9-14(3)11-16)12-20-8-6-7-15(4)18(20)21/h9-11,15,17,19H,5-8,12H2,1-4H3. The highest BCUT2D eigenvalue weighted by molar-refractivity contribution is 5.79. The van der Waals surface area contributed by atoms with Crippen LogP contribution in [0.1, 0.15) is 49.4 Å². The van der Waals surface area contributed by atoms with Gasteiger partial charge in [-0.3, -0.25) is 4.79 Å². The zero-order chi connectivity index (χ0) is 15.4. The molecule has 21 heavy (non-hydrogen) atoms. The summed E-state index contributed by atoms with van der Waals surface area (Å²) in [7, 11) is 0. The van der Waals surface area contributed by atoms with Crippen LogP contribution in [0.3, 0.4) is 0 Å². The molecule has 2 atom stereocenters. The maximum Gasteiger partial charge on any atom is 0.225 e. The minimum atomic E-state index is 0.181. The summed E-state index contributed by atoms with van der Waals surface area (Å²) < 4.78 is 0. The number of rotatable bonds is 5. The maximum atomic E-state index is 12.3. The van der Waals surface area contributed by atoms with E-state index in [4.69, 9.17) is 0 Å². The second-order valence-electron chi connectivity index (χ2n) is 6.36. The molecule has 116 valence electrons. The third kappa shape index (κ3) is 4.07. The highest BCUT2D eigenvalue weighted by Gasteiger charge is 2.27. The predicted octanol–water partition coefficient (Wildman–Crippen LogP) is 3.21. The van der Waals surface area contributed by atoms with E-state index in [2.05, 4.69) is 44.3 Å². The first-order chi connectivity index (χ1) is 10.0. The number of likely N-dealkylation sites (tertiary alicyclic amines) is 1. The second kappa shape index (κ2) is 7.08. The fourth-order valence-electron chi connectivity index (χ4n) is 3.28. The molecule has 1 N–H and O–H groups in total. The van der Waals surface area contributed by atoms with Crippen molar-refractivity contribution >= 4 is 5.91 Å². The van der Waals surface area contributed by atoms with Crippen molar-refractivity contribution in [2.75, 3.05) is 19.6 Å². The fraction of sp³-hybridized carbons (Fsp3) is 0.611. The summed E-state index contributed by atoms with van der Waals surface area (Å²) in [5, 5.41) is 3.54. The summed E-state index contributed by atoms with van der Waals surface area (Å²) in [6.45, 7) is 11.0. The lowest BCUT2D eigenvalue weighted by Gasteiger charge is -2.34. The van der Waals surface area contributed by atoms with Crippen molar-refractivity contribution in [3.8, 4) is 0 Å².